The Labute approximate surface area is 149 Å². The molecular formula is C17H16BrNO2S2. The summed E-state index contributed by atoms with van der Waals surface area (Å²) in [6.07, 6.45) is 0. The molecule has 0 radical (unpaired) electrons. The Balaban J connectivity index is 1.98. The van der Waals surface area contributed by atoms with Gasteiger partial charge in [0.1, 0.15) is 0 Å². The zero-order valence-electron chi connectivity index (χ0n) is 12.4. The minimum Gasteiger partial charge on any atom is -0.393 e. The topological polar surface area (TPSA) is 60.2 Å². The second-order valence-corrected chi connectivity index (χ2v) is 9.32. The van der Waals surface area contributed by atoms with E-state index >= 15 is 0 Å². The fourth-order valence-corrected chi connectivity index (χ4v) is 5.77. The molecule has 1 fully saturated rings. The molecule has 1 aliphatic rings. The maximum absolute atomic E-state index is 12.9. The van der Waals surface area contributed by atoms with Crippen molar-refractivity contribution in [2.45, 2.75) is 23.0 Å². The van der Waals surface area contributed by atoms with Crippen molar-refractivity contribution < 1.29 is 8.42 Å². The molecule has 1 saturated carbocycles. The highest BCUT2D eigenvalue weighted by molar-refractivity contribution is 9.10. The zero-order valence-corrected chi connectivity index (χ0v) is 15.7. The van der Waals surface area contributed by atoms with E-state index in [2.05, 4.69) is 15.9 Å². The largest absolute Gasteiger partial charge is 0.393 e. The second kappa shape index (κ2) is 6.00. The third kappa shape index (κ3) is 3.07. The van der Waals surface area contributed by atoms with Gasteiger partial charge >= 0.3 is 0 Å². The predicted molar refractivity (Wildman–Crippen MR) is 99.3 cm³/mol. The van der Waals surface area contributed by atoms with Crippen LogP contribution in [0.15, 0.2) is 57.9 Å². The van der Waals surface area contributed by atoms with Gasteiger partial charge in [-0.2, -0.15) is 0 Å². The quantitative estimate of drug-likeness (QED) is 0.783. The standard InChI is InChI=1S/C17H16BrNO2S2/c1-10-2-8-13(9-3-10)23(20,21)16-14(15(16)17(19)22)11-4-6-12(18)7-5-11/h2-9,14-16H,1H3,(H2,19,22)/t14-,15-,16+/m1/s1. The van der Waals surface area contributed by atoms with Gasteiger partial charge < -0.3 is 5.73 Å². The van der Waals surface area contributed by atoms with Crippen molar-refractivity contribution in [2.75, 3.05) is 0 Å². The lowest BCUT2D eigenvalue weighted by molar-refractivity contribution is 0.593. The molecule has 2 N–H and O–H groups in total. The summed E-state index contributed by atoms with van der Waals surface area (Å²) in [4.78, 5) is 0.590. The van der Waals surface area contributed by atoms with Crippen LogP contribution < -0.4 is 5.73 Å². The third-order valence-electron chi connectivity index (χ3n) is 4.25. The Bertz CT molecular complexity index is 845. The SMILES string of the molecule is Cc1ccc(S(=O)(=O)[C@@H]2[C@H](C(N)=S)[C@H]2c2ccc(Br)cc2)cc1. The minimum atomic E-state index is -3.46. The minimum absolute atomic E-state index is 0.174. The number of thiocarbonyl (C=S) groups is 1. The summed E-state index contributed by atoms with van der Waals surface area (Å²) < 4.78 is 26.8. The van der Waals surface area contributed by atoms with Gasteiger partial charge in [0.25, 0.3) is 0 Å². The van der Waals surface area contributed by atoms with Crippen molar-refractivity contribution in [1.82, 2.24) is 0 Å². The van der Waals surface area contributed by atoms with Gasteiger partial charge in [-0.15, -0.1) is 0 Å². The number of benzene rings is 2. The first kappa shape index (κ1) is 16.6. The molecule has 2 aromatic rings. The van der Waals surface area contributed by atoms with Gasteiger partial charge in [0, 0.05) is 16.3 Å². The smallest absolute Gasteiger partial charge is 0.182 e. The van der Waals surface area contributed by atoms with E-state index in [1.165, 1.54) is 0 Å². The van der Waals surface area contributed by atoms with Crippen LogP contribution >= 0.6 is 28.1 Å². The lowest BCUT2D eigenvalue weighted by atomic mass is 10.1. The van der Waals surface area contributed by atoms with Gasteiger partial charge in [0.05, 0.1) is 15.1 Å². The lowest BCUT2D eigenvalue weighted by Gasteiger charge is -2.05. The number of hydrogen-bond donors (Lipinski definition) is 1. The molecule has 3 nitrogen and oxygen atoms in total. The maximum Gasteiger partial charge on any atom is 0.182 e. The number of rotatable bonds is 4. The van der Waals surface area contributed by atoms with Crippen molar-refractivity contribution in [3.8, 4) is 0 Å². The van der Waals surface area contributed by atoms with Crippen LogP contribution in [0.3, 0.4) is 0 Å². The van der Waals surface area contributed by atoms with Crippen LogP contribution in [0.25, 0.3) is 0 Å². The van der Waals surface area contributed by atoms with Crippen molar-refractivity contribution >= 4 is 43.0 Å². The van der Waals surface area contributed by atoms with Crippen molar-refractivity contribution in [3.63, 3.8) is 0 Å². The number of nitrogens with two attached hydrogens (primary N) is 1. The Morgan fingerprint density at radius 2 is 1.65 bits per heavy atom. The van der Waals surface area contributed by atoms with E-state index in [1.54, 1.807) is 24.3 Å². The Hall–Kier alpha value is -1.24. The monoisotopic (exact) mass is 409 g/mol. The number of aryl methyl sites for hydroxylation is 1. The average Bonchev–Trinajstić information content (AvgIpc) is 3.25. The van der Waals surface area contributed by atoms with Crippen molar-refractivity contribution in [3.05, 3.63) is 64.1 Å². The summed E-state index contributed by atoms with van der Waals surface area (Å²) in [6.45, 7) is 1.93. The number of hydrogen-bond acceptors (Lipinski definition) is 3. The lowest BCUT2D eigenvalue weighted by Crippen LogP contribution is -2.17. The van der Waals surface area contributed by atoms with E-state index in [4.69, 9.17) is 18.0 Å². The molecule has 2 aromatic carbocycles. The normalized spacial score (nSPS) is 23.5. The summed E-state index contributed by atoms with van der Waals surface area (Å²) in [5.74, 6) is -0.482. The first-order valence-electron chi connectivity index (χ1n) is 7.18. The molecule has 0 heterocycles. The van der Waals surface area contributed by atoms with E-state index in [1.807, 2.05) is 31.2 Å². The summed E-state index contributed by atoms with van der Waals surface area (Å²) in [5.41, 5.74) is 7.78. The van der Waals surface area contributed by atoms with Crippen LogP contribution in [0.2, 0.25) is 0 Å². The summed E-state index contributed by atoms with van der Waals surface area (Å²) >= 11 is 8.49. The van der Waals surface area contributed by atoms with Gasteiger partial charge in [0.15, 0.2) is 9.84 Å². The summed E-state index contributed by atoms with van der Waals surface area (Å²) in [6, 6.07) is 14.6. The molecule has 0 unspecified atom stereocenters. The molecule has 3 rings (SSSR count). The molecule has 0 spiro atoms. The summed E-state index contributed by atoms with van der Waals surface area (Å²) in [5, 5.41) is -0.580. The van der Waals surface area contributed by atoms with Crippen LogP contribution in [-0.4, -0.2) is 18.7 Å². The fourth-order valence-electron chi connectivity index (χ4n) is 2.98. The molecule has 0 bridgehead atoms. The van der Waals surface area contributed by atoms with E-state index in [0.717, 1.165) is 15.6 Å². The van der Waals surface area contributed by atoms with Gasteiger partial charge in [0.2, 0.25) is 0 Å². The highest BCUT2D eigenvalue weighted by Crippen LogP contribution is 2.54. The Morgan fingerprint density at radius 3 is 2.17 bits per heavy atom. The van der Waals surface area contributed by atoms with Gasteiger partial charge in [-0.25, -0.2) is 8.42 Å². The number of halogens is 1. The van der Waals surface area contributed by atoms with Crippen LogP contribution in [0.1, 0.15) is 17.0 Å². The van der Waals surface area contributed by atoms with Crippen LogP contribution in [0, 0.1) is 12.8 Å². The molecule has 120 valence electrons. The highest BCUT2D eigenvalue weighted by Gasteiger charge is 2.60. The van der Waals surface area contributed by atoms with Gasteiger partial charge in [-0.05, 0) is 36.8 Å². The van der Waals surface area contributed by atoms with Crippen molar-refractivity contribution in [1.29, 1.82) is 0 Å². The van der Waals surface area contributed by atoms with Gasteiger partial charge in [-0.3, -0.25) is 0 Å². The summed E-state index contributed by atoms with van der Waals surface area (Å²) in [7, 11) is -3.46. The van der Waals surface area contributed by atoms with Crippen LogP contribution in [-0.2, 0) is 9.84 Å². The molecule has 1 aliphatic carbocycles. The van der Waals surface area contributed by atoms with E-state index in [9.17, 15) is 8.42 Å². The number of sulfone groups is 1. The molecule has 0 saturated heterocycles. The average molecular weight is 410 g/mol. The molecule has 0 aromatic heterocycles. The zero-order chi connectivity index (χ0) is 16.8. The van der Waals surface area contributed by atoms with Crippen LogP contribution in [0.4, 0.5) is 0 Å². The maximum atomic E-state index is 12.9. The van der Waals surface area contributed by atoms with Crippen LogP contribution in [0.5, 0.6) is 0 Å². The van der Waals surface area contributed by atoms with E-state index < -0.39 is 15.1 Å². The first-order valence-corrected chi connectivity index (χ1v) is 9.92. The Morgan fingerprint density at radius 1 is 1.09 bits per heavy atom. The van der Waals surface area contributed by atoms with E-state index in [0.29, 0.717) is 4.90 Å². The van der Waals surface area contributed by atoms with Crippen molar-refractivity contribution in [2.24, 2.45) is 11.7 Å². The molecule has 23 heavy (non-hydrogen) atoms. The third-order valence-corrected chi connectivity index (χ3v) is 7.28. The fraction of sp³-hybridized carbons (Fsp3) is 0.235. The molecule has 3 atom stereocenters. The first-order chi connectivity index (χ1) is 10.8. The van der Waals surface area contributed by atoms with Gasteiger partial charge in [-0.1, -0.05) is 58.0 Å². The van der Waals surface area contributed by atoms with E-state index in [-0.39, 0.29) is 16.8 Å². The molecule has 0 aliphatic heterocycles. The highest BCUT2D eigenvalue weighted by atomic mass is 79.9. The molecular weight excluding hydrogens is 394 g/mol. The second-order valence-electron chi connectivity index (χ2n) is 5.83. The molecule has 6 heteroatoms. The Kier molecular flexibility index (Phi) is 4.33. The predicted octanol–water partition coefficient (Wildman–Crippen LogP) is 3.60. The molecule has 0 amide bonds.